The lowest BCUT2D eigenvalue weighted by Gasteiger charge is -2.38. The number of esters is 1. The zero-order chi connectivity index (χ0) is 24.5. The van der Waals surface area contributed by atoms with Gasteiger partial charge in [-0.25, -0.2) is 4.39 Å². The second-order valence-corrected chi connectivity index (χ2v) is 10.6. The maximum Gasteiger partial charge on any atom is 0.309 e. The Bertz CT molecular complexity index is 765. The minimum Gasteiger partial charge on any atom is -0.487 e. The molecule has 0 aliphatic heterocycles. The van der Waals surface area contributed by atoms with Gasteiger partial charge in [-0.05, 0) is 87.7 Å². The summed E-state index contributed by atoms with van der Waals surface area (Å²) in [5.74, 6) is 0.276. The van der Waals surface area contributed by atoms with Gasteiger partial charge < -0.3 is 9.47 Å². The van der Waals surface area contributed by atoms with Gasteiger partial charge in [-0.3, -0.25) is 4.79 Å². The zero-order valence-corrected chi connectivity index (χ0v) is 21.4. The summed E-state index contributed by atoms with van der Waals surface area (Å²) < 4.78 is 40.1. The molecule has 1 aromatic rings. The van der Waals surface area contributed by atoms with Crippen molar-refractivity contribution in [1.82, 2.24) is 0 Å². The highest BCUT2D eigenvalue weighted by molar-refractivity contribution is 5.69. The summed E-state index contributed by atoms with van der Waals surface area (Å²) in [5, 5.41) is 0. The van der Waals surface area contributed by atoms with Crippen LogP contribution in [-0.4, -0.2) is 18.7 Å². The molecule has 0 aromatic heterocycles. The molecule has 2 aliphatic rings. The maximum absolute atomic E-state index is 15.0. The Morgan fingerprint density at radius 2 is 1.59 bits per heavy atom. The number of halogens is 2. The molecule has 2 saturated carbocycles. The number of rotatable bonds is 11. The van der Waals surface area contributed by atoms with Gasteiger partial charge in [0.15, 0.2) is 11.6 Å². The second kappa shape index (κ2) is 13.4. The molecule has 1 aromatic carbocycles. The van der Waals surface area contributed by atoms with Gasteiger partial charge in [-0.2, -0.15) is 4.39 Å². The summed E-state index contributed by atoms with van der Waals surface area (Å²) in [5.41, 5.74) is 0.473. The van der Waals surface area contributed by atoms with E-state index in [-0.39, 0.29) is 24.7 Å². The van der Waals surface area contributed by atoms with Crippen LogP contribution in [0.25, 0.3) is 0 Å². The van der Waals surface area contributed by atoms with Gasteiger partial charge in [0.05, 0.1) is 13.0 Å². The first-order chi connectivity index (χ1) is 16.4. The monoisotopic (exact) mass is 478 g/mol. The van der Waals surface area contributed by atoms with Crippen LogP contribution in [-0.2, 0) is 9.53 Å². The van der Waals surface area contributed by atoms with Gasteiger partial charge in [0, 0.05) is 0 Å². The Balaban J connectivity index is 1.49. The minimum absolute atomic E-state index is 0.00131. The van der Waals surface area contributed by atoms with Gasteiger partial charge in [0.25, 0.3) is 0 Å². The molecular formula is C29H44F2O3. The van der Waals surface area contributed by atoms with Crippen LogP contribution in [0, 0.1) is 29.4 Å². The number of ether oxygens (including phenoxy) is 2. The van der Waals surface area contributed by atoms with E-state index in [2.05, 4.69) is 6.92 Å². The Morgan fingerprint density at radius 3 is 2.21 bits per heavy atom. The minimum atomic E-state index is -0.947. The van der Waals surface area contributed by atoms with Crippen LogP contribution in [0.15, 0.2) is 12.1 Å². The van der Waals surface area contributed by atoms with Crippen LogP contribution in [0.1, 0.15) is 116 Å². The largest absolute Gasteiger partial charge is 0.487 e. The quantitative estimate of drug-likeness (QED) is 0.237. The van der Waals surface area contributed by atoms with Crippen molar-refractivity contribution in [3.05, 3.63) is 29.3 Å². The third-order valence-electron chi connectivity index (χ3n) is 8.15. The molecule has 2 aliphatic carbocycles. The third-order valence-corrected chi connectivity index (χ3v) is 8.15. The topological polar surface area (TPSA) is 35.5 Å². The van der Waals surface area contributed by atoms with Crippen molar-refractivity contribution < 1.29 is 23.0 Å². The molecular weight excluding hydrogens is 434 g/mol. The fourth-order valence-corrected chi connectivity index (χ4v) is 6.20. The van der Waals surface area contributed by atoms with Crippen LogP contribution >= 0.6 is 0 Å². The SMILES string of the molecule is CCCCCC1CCC(C2CCC(c3ccc(OC(C)CC(=O)OCC)c(F)c3F)CC2)CC1. The highest BCUT2D eigenvalue weighted by Gasteiger charge is 2.32. The van der Waals surface area contributed by atoms with E-state index in [1.807, 2.05) is 0 Å². The predicted octanol–water partition coefficient (Wildman–Crippen LogP) is 8.35. The van der Waals surface area contributed by atoms with E-state index in [1.54, 1.807) is 19.9 Å². The van der Waals surface area contributed by atoms with Crippen molar-refractivity contribution >= 4 is 5.97 Å². The van der Waals surface area contributed by atoms with Crippen LogP contribution in [0.4, 0.5) is 8.78 Å². The molecule has 0 saturated heterocycles. The molecule has 0 spiro atoms. The van der Waals surface area contributed by atoms with Gasteiger partial charge in [-0.1, -0.05) is 51.5 Å². The average molecular weight is 479 g/mol. The molecule has 3 nitrogen and oxygen atoms in total. The Labute approximate surface area is 205 Å². The molecule has 2 fully saturated rings. The summed E-state index contributed by atoms with van der Waals surface area (Å²) in [6.45, 7) is 5.93. The van der Waals surface area contributed by atoms with Gasteiger partial charge in [-0.15, -0.1) is 0 Å². The van der Waals surface area contributed by atoms with Crippen LogP contribution < -0.4 is 4.74 Å². The number of carbonyl (C=O) groups excluding carboxylic acids is 1. The highest BCUT2D eigenvalue weighted by atomic mass is 19.2. The van der Waals surface area contributed by atoms with Crippen LogP contribution in [0.2, 0.25) is 0 Å². The summed E-state index contributed by atoms with van der Waals surface area (Å²) in [6, 6.07) is 3.19. The van der Waals surface area contributed by atoms with Crippen molar-refractivity contribution in [3.63, 3.8) is 0 Å². The first kappa shape index (κ1) is 26.9. The molecule has 0 amide bonds. The zero-order valence-electron chi connectivity index (χ0n) is 21.4. The number of unbranched alkanes of at least 4 members (excludes halogenated alkanes) is 2. The van der Waals surface area contributed by atoms with Crippen molar-refractivity contribution in [1.29, 1.82) is 0 Å². The first-order valence-electron chi connectivity index (χ1n) is 13.7. The standard InChI is InChI=1S/C29H44F2O3/c1-4-6-7-8-21-9-11-22(12-10-21)23-13-15-24(16-14-23)25-17-18-26(29(31)28(25)30)34-20(3)19-27(32)33-5-2/h17-18,20-24H,4-16,19H2,1-3H3. The van der Waals surface area contributed by atoms with Crippen LogP contribution in [0.5, 0.6) is 5.75 Å². The van der Waals surface area contributed by atoms with Crippen molar-refractivity contribution in [2.24, 2.45) is 17.8 Å². The summed E-state index contributed by atoms with van der Waals surface area (Å²) in [7, 11) is 0. The Kier molecular flexibility index (Phi) is 10.7. The fourth-order valence-electron chi connectivity index (χ4n) is 6.20. The van der Waals surface area contributed by atoms with Crippen LogP contribution in [0.3, 0.4) is 0 Å². The summed E-state index contributed by atoms with van der Waals surface area (Å²) >= 11 is 0. The molecule has 0 bridgehead atoms. The molecule has 34 heavy (non-hydrogen) atoms. The molecule has 1 atom stereocenters. The number of carbonyl (C=O) groups is 1. The Hall–Kier alpha value is -1.65. The molecule has 0 N–H and O–H groups in total. The summed E-state index contributed by atoms with van der Waals surface area (Å²) in [6.07, 6.45) is 14.4. The smallest absolute Gasteiger partial charge is 0.309 e. The van der Waals surface area contributed by atoms with E-state index in [0.717, 1.165) is 43.4 Å². The highest BCUT2D eigenvalue weighted by Crippen LogP contribution is 2.45. The van der Waals surface area contributed by atoms with Crippen molar-refractivity contribution in [3.8, 4) is 5.75 Å². The molecule has 0 radical (unpaired) electrons. The van der Waals surface area contributed by atoms with Gasteiger partial charge in [0.1, 0.15) is 6.10 Å². The normalized spacial score (nSPS) is 26.1. The first-order valence-corrected chi connectivity index (χ1v) is 13.7. The molecule has 3 rings (SSSR count). The van der Waals surface area contributed by atoms with Crippen molar-refractivity contribution in [2.75, 3.05) is 6.61 Å². The lowest BCUT2D eigenvalue weighted by molar-refractivity contribution is -0.144. The third kappa shape index (κ3) is 7.42. The number of hydrogen-bond acceptors (Lipinski definition) is 3. The second-order valence-electron chi connectivity index (χ2n) is 10.6. The molecule has 0 heterocycles. The van der Waals surface area contributed by atoms with Gasteiger partial charge in [0.2, 0.25) is 5.82 Å². The average Bonchev–Trinajstić information content (AvgIpc) is 2.83. The van der Waals surface area contributed by atoms with E-state index in [1.165, 1.54) is 57.4 Å². The van der Waals surface area contributed by atoms with E-state index >= 15 is 0 Å². The van der Waals surface area contributed by atoms with Gasteiger partial charge >= 0.3 is 5.97 Å². The lowest BCUT2D eigenvalue weighted by atomic mass is 9.68. The van der Waals surface area contributed by atoms with E-state index < -0.39 is 23.7 Å². The van der Waals surface area contributed by atoms with E-state index in [9.17, 15) is 13.6 Å². The fraction of sp³-hybridized carbons (Fsp3) is 0.759. The number of benzene rings is 1. The number of hydrogen-bond donors (Lipinski definition) is 0. The van der Waals surface area contributed by atoms with E-state index in [0.29, 0.717) is 5.56 Å². The predicted molar refractivity (Wildman–Crippen MR) is 132 cm³/mol. The maximum atomic E-state index is 15.0. The molecule has 5 heteroatoms. The van der Waals surface area contributed by atoms with E-state index in [4.69, 9.17) is 9.47 Å². The molecule has 192 valence electrons. The summed E-state index contributed by atoms with van der Waals surface area (Å²) in [4.78, 5) is 11.6. The van der Waals surface area contributed by atoms with Crippen molar-refractivity contribution in [2.45, 2.75) is 116 Å². The lowest BCUT2D eigenvalue weighted by Crippen LogP contribution is -2.25. The Morgan fingerprint density at radius 1 is 0.941 bits per heavy atom. The molecule has 1 unspecified atom stereocenters.